The Kier molecular flexibility index (Phi) is 8.72. The van der Waals surface area contributed by atoms with Gasteiger partial charge in [0.05, 0.1) is 30.8 Å². The molecule has 3 heterocycles. The SMILES string of the molecule is C=CC(=O)N1CCN(c2nc(O[C@@H](C)CN(C)C3CCC3)nc3c2CCN(c2cccc4cccc(C)c24)C3)CC1CC#N. The van der Waals surface area contributed by atoms with Gasteiger partial charge in [0.25, 0.3) is 0 Å². The van der Waals surface area contributed by atoms with E-state index < -0.39 is 0 Å². The summed E-state index contributed by atoms with van der Waals surface area (Å²) in [5.74, 6) is 0.732. The maximum Gasteiger partial charge on any atom is 0.318 e. The molecule has 1 amide bonds. The molecule has 9 nitrogen and oxygen atoms in total. The Labute approximate surface area is 260 Å². The normalized spacial score (nSPS) is 19.3. The van der Waals surface area contributed by atoms with Crippen LogP contribution in [0.3, 0.4) is 0 Å². The topological polar surface area (TPSA) is 88.8 Å². The van der Waals surface area contributed by atoms with Gasteiger partial charge in [0, 0.05) is 55.4 Å². The van der Waals surface area contributed by atoms with Gasteiger partial charge in [-0.05, 0) is 63.2 Å². The number of carbonyl (C=O) groups is 1. The molecule has 1 aliphatic carbocycles. The van der Waals surface area contributed by atoms with Crippen molar-refractivity contribution in [3.63, 3.8) is 0 Å². The van der Waals surface area contributed by atoms with Crippen LogP contribution in [0.1, 0.15) is 49.4 Å². The van der Waals surface area contributed by atoms with Crippen molar-refractivity contribution in [3.8, 4) is 12.1 Å². The molecular weight excluding hydrogens is 550 g/mol. The van der Waals surface area contributed by atoms with Crippen LogP contribution in [0.25, 0.3) is 10.8 Å². The van der Waals surface area contributed by atoms with E-state index in [4.69, 9.17) is 14.7 Å². The summed E-state index contributed by atoms with van der Waals surface area (Å²) >= 11 is 0. The molecule has 1 aromatic heterocycles. The first kappa shape index (κ1) is 29.9. The van der Waals surface area contributed by atoms with Crippen LogP contribution in [-0.2, 0) is 17.8 Å². The number of benzene rings is 2. The van der Waals surface area contributed by atoms with Crippen molar-refractivity contribution in [2.24, 2.45) is 0 Å². The number of anilines is 2. The third-order valence-corrected chi connectivity index (χ3v) is 9.57. The van der Waals surface area contributed by atoms with Crippen LogP contribution in [0.4, 0.5) is 11.5 Å². The fourth-order valence-corrected chi connectivity index (χ4v) is 7.01. The summed E-state index contributed by atoms with van der Waals surface area (Å²) in [5.41, 5.74) is 4.58. The zero-order valence-electron chi connectivity index (χ0n) is 26.2. The molecule has 2 atom stereocenters. The maximum atomic E-state index is 12.6. The number of likely N-dealkylation sites (N-methyl/N-ethyl adjacent to an activating group) is 1. The molecule has 0 bridgehead atoms. The Morgan fingerprint density at radius 2 is 1.98 bits per heavy atom. The van der Waals surface area contributed by atoms with Gasteiger partial charge in [-0.25, -0.2) is 0 Å². The van der Waals surface area contributed by atoms with Crippen LogP contribution in [0.5, 0.6) is 6.01 Å². The maximum absolute atomic E-state index is 12.6. The minimum Gasteiger partial charge on any atom is -0.459 e. The van der Waals surface area contributed by atoms with E-state index >= 15 is 0 Å². The highest BCUT2D eigenvalue weighted by molar-refractivity contribution is 5.97. The van der Waals surface area contributed by atoms with E-state index in [9.17, 15) is 10.1 Å². The second-order valence-electron chi connectivity index (χ2n) is 12.5. The summed E-state index contributed by atoms with van der Waals surface area (Å²) in [6.45, 7) is 11.9. The van der Waals surface area contributed by atoms with Crippen molar-refractivity contribution < 1.29 is 9.53 Å². The third kappa shape index (κ3) is 5.96. The number of hydrogen-bond donors (Lipinski definition) is 0. The number of aromatic nitrogens is 2. The number of ether oxygens (including phenoxy) is 1. The number of carbonyl (C=O) groups excluding carboxylic acids is 1. The molecule has 9 heteroatoms. The first-order valence-corrected chi connectivity index (χ1v) is 15.9. The van der Waals surface area contributed by atoms with Gasteiger partial charge in [0.2, 0.25) is 5.91 Å². The van der Waals surface area contributed by atoms with Crippen molar-refractivity contribution in [3.05, 3.63) is 65.9 Å². The standard InChI is InChI=1S/C35H43N7O2/c1-5-32(43)42-20-19-41(22-28(42)15-17-36)34-29-16-18-40(31-14-7-11-26-10-6-9-24(2)33(26)31)23-30(29)37-35(38-34)44-25(3)21-39(4)27-12-8-13-27/h5-7,9-11,14,25,27-28H,1,8,12-13,15-16,18-23H2,2-4H3/t25-,28?/m0/s1. The van der Waals surface area contributed by atoms with E-state index in [2.05, 4.69) is 84.6 Å². The second-order valence-corrected chi connectivity index (χ2v) is 12.5. The molecule has 0 spiro atoms. The van der Waals surface area contributed by atoms with Gasteiger partial charge in [0.1, 0.15) is 11.9 Å². The molecule has 2 aliphatic heterocycles. The lowest BCUT2D eigenvalue weighted by Crippen LogP contribution is -2.55. The largest absolute Gasteiger partial charge is 0.459 e. The van der Waals surface area contributed by atoms with Crippen LogP contribution < -0.4 is 14.5 Å². The van der Waals surface area contributed by atoms with E-state index in [-0.39, 0.29) is 24.5 Å². The molecule has 0 N–H and O–H groups in total. The van der Waals surface area contributed by atoms with Gasteiger partial charge in [-0.1, -0.05) is 43.3 Å². The summed E-state index contributed by atoms with van der Waals surface area (Å²) in [7, 11) is 2.17. The van der Waals surface area contributed by atoms with Crippen LogP contribution in [0.2, 0.25) is 0 Å². The molecule has 1 saturated heterocycles. The monoisotopic (exact) mass is 593 g/mol. The lowest BCUT2D eigenvalue weighted by Gasteiger charge is -2.42. The van der Waals surface area contributed by atoms with Gasteiger partial charge in [-0.3, -0.25) is 9.69 Å². The molecule has 44 heavy (non-hydrogen) atoms. The second kappa shape index (κ2) is 12.8. The van der Waals surface area contributed by atoms with Crippen molar-refractivity contribution in [2.75, 3.05) is 49.6 Å². The first-order chi connectivity index (χ1) is 21.4. The molecule has 1 unspecified atom stereocenters. The van der Waals surface area contributed by atoms with Crippen molar-refractivity contribution >= 4 is 28.2 Å². The number of nitriles is 1. The molecule has 230 valence electrons. The Morgan fingerprint density at radius 3 is 2.70 bits per heavy atom. The fraction of sp³-hybridized carbons (Fsp3) is 0.486. The van der Waals surface area contributed by atoms with Crippen LogP contribution in [0, 0.1) is 18.3 Å². The van der Waals surface area contributed by atoms with Crippen molar-refractivity contribution in [2.45, 2.75) is 70.7 Å². The average molecular weight is 594 g/mol. The van der Waals surface area contributed by atoms with E-state index in [1.54, 1.807) is 4.90 Å². The lowest BCUT2D eigenvalue weighted by atomic mass is 9.92. The molecule has 2 aromatic carbocycles. The minimum absolute atomic E-state index is 0.0692. The predicted octanol–water partition coefficient (Wildman–Crippen LogP) is 4.87. The zero-order chi connectivity index (χ0) is 30.8. The van der Waals surface area contributed by atoms with E-state index in [1.807, 2.05) is 0 Å². The van der Waals surface area contributed by atoms with E-state index in [0.29, 0.717) is 38.2 Å². The molecular formula is C35H43N7O2. The van der Waals surface area contributed by atoms with Crippen molar-refractivity contribution in [1.29, 1.82) is 5.26 Å². The molecule has 0 radical (unpaired) electrons. The number of rotatable bonds is 9. The zero-order valence-corrected chi connectivity index (χ0v) is 26.2. The molecule has 3 aliphatic rings. The van der Waals surface area contributed by atoms with Gasteiger partial charge in [-0.15, -0.1) is 0 Å². The Balaban J connectivity index is 1.33. The average Bonchev–Trinajstić information content (AvgIpc) is 2.99. The fourth-order valence-electron chi connectivity index (χ4n) is 7.01. The number of fused-ring (bicyclic) bond motifs is 2. The van der Waals surface area contributed by atoms with Gasteiger partial charge in [-0.2, -0.15) is 15.2 Å². The van der Waals surface area contributed by atoms with Crippen LogP contribution in [0.15, 0.2) is 49.1 Å². The smallest absolute Gasteiger partial charge is 0.318 e. The predicted molar refractivity (Wildman–Crippen MR) is 174 cm³/mol. The van der Waals surface area contributed by atoms with Gasteiger partial charge >= 0.3 is 6.01 Å². The summed E-state index contributed by atoms with van der Waals surface area (Å²) in [6, 6.07) is 16.0. The summed E-state index contributed by atoms with van der Waals surface area (Å²) in [5, 5.41) is 12.1. The van der Waals surface area contributed by atoms with Crippen molar-refractivity contribution in [1.82, 2.24) is 19.8 Å². The highest BCUT2D eigenvalue weighted by Gasteiger charge is 2.34. The highest BCUT2D eigenvalue weighted by atomic mass is 16.5. The Morgan fingerprint density at radius 1 is 1.18 bits per heavy atom. The number of aryl methyl sites for hydroxylation is 1. The Hall–Kier alpha value is -4.16. The van der Waals surface area contributed by atoms with Crippen LogP contribution >= 0.6 is 0 Å². The van der Waals surface area contributed by atoms with Crippen LogP contribution in [-0.4, -0.2) is 83.6 Å². The van der Waals surface area contributed by atoms with Gasteiger partial charge in [0.15, 0.2) is 0 Å². The number of piperazine rings is 1. The molecule has 1 saturated carbocycles. The third-order valence-electron chi connectivity index (χ3n) is 9.57. The molecule has 2 fully saturated rings. The first-order valence-electron chi connectivity index (χ1n) is 15.9. The summed E-state index contributed by atoms with van der Waals surface area (Å²) in [4.78, 5) is 31.4. The summed E-state index contributed by atoms with van der Waals surface area (Å²) < 4.78 is 6.44. The molecule has 3 aromatic rings. The lowest BCUT2D eigenvalue weighted by molar-refractivity contribution is -0.128. The number of hydrogen-bond acceptors (Lipinski definition) is 8. The van der Waals surface area contributed by atoms with Gasteiger partial charge < -0.3 is 19.4 Å². The molecule has 6 rings (SSSR count). The summed E-state index contributed by atoms with van der Waals surface area (Å²) in [6.07, 6.45) is 6.11. The number of amides is 1. The number of nitrogens with zero attached hydrogens (tertiary/aromatic N) is 7. The van der Waals surface area contributed by atoms with E-state index in [0.717, 1.165) is 36.6 Å². The minimum atomic E-state index is -0.233. The Bertz CT molecular complexity index is 1570. The van der Waals surface area contributed by atoms with E-state index in [1.165, 1.54) is 47.4 Å². The highest BCUT2D eigenvalue weighted by Crippen LogP contribution is 2.36. The quantitative estimate of drug-likeness (QED) is 0.325.